The predicted octanol–water partition coefficient (Wildman–Crippen LogP) is 3.47. The van der Waals surface area contributed by atoms with Crippen molar-refractivity contribution in [1.29, 1.82) is 0 Å². The van der Waals surface area contributed by atoms with Crippen molar-refractivity contribution in [3.05, 3.63) is 22.9 Å². The highest BCUT2D eigenvalue weighted by Gasteiger charge is 2.33. The maximum absolute atomic E-state index is 12.6. The van der Waals surface area contributed by atoms with E-state index in [0.29, 0.717) is 6.07 Å². The highest BCUT2D eigenvalue weighted by molar-refractivity contribution is 6.17. The summed E-state index contributed by atoms with van der Waals surface area (Å²) in [5.41, 5.74) is -1.97. The summed E-state index contributed by atoms with van der Waals surface area (Å²) in [6.07, 6.45) is -8.20. The molecule has 0 atom stereocenters. The van der Waals surface area contributed by atoms with Crippen LogP contribution in [0.15, 0.2) is 6.07 Å². The van der Waals surface area contributed by atoms with E-state index in [1.165, 1.54) is 0 Å². The lowest BCUT2D eigenvalue weighted by atomic mass is 10.1. The molecule has 0 fully saturated rings. The van der Waals surface area contributed by atoms with Crippen molar-refractivity contribution in [3.63, 3.8) is 0 Å². The van der Waals surface area contributed by atoms with Gasteiger partial charge in [0.25, 0.3) is 6.43 Å². The molecule has 0 aromatic carbocycles. The molecule has 0 aliphatic rings. The van der Waals surface area contributed by atoms with E-state index in [9.17, 15) is 26.7 Å². The van der Waals surface area contributed by atoms with Crippen LogP contribution in [-0.4, -0.2) is 17.6 Å². The van der Waals surface area contributed by atoms with Gasteiger partial charge < -0.3 is 4.74 Å². The van der Waals surface area contributed by atoms with Crippen molar-refractivity contribution < 1.29 is 31.5 Å². The third kappa shape index (κ3) is 3.52. The monoisotopic (exact) mass is 289 g/mol. The van der Waals surface area contributed by atoms with E-state index in [1.54, 1.807) is 0 Å². The maximum Gasteiger partial charge on any atom is 0.574 e. The Morgan fingerprint density at radius 3 is 2.44 bits per heavy atom. The molecule has 0 unspecified atom stereocenters. The number of carbonyl (C=O) groups excluding carboxylic acids is 1. The molecule has 3 nitrogen and oxygen atoms in total. The van der Waals surface area contributed by atoms with Gasteiger partial charge >= 0.3 is 6.36 Å². The fraction of sp³-hybridized carbons (Fsp3) is 0.333. The summed E-state index contributed by atoms with van der Waals surface area (Å²) in [5.74, 6) is -1.51. The standard InChI is InChI=1S/C9H5ClF5NO2/c10-2-4-1-6(18-9(13,14)15)16-5(3-17)7(4)8(11)12/h1,3,8H,2H2. The highest BCUT2D eigenvalue weighted by atomic mass is 35.5. The van der Waals surface area contributed by atoms with Crippen molar-refractivity contribution in [2.45, 2.75) is 18.7 Å². The van der Waals surface area contributed by atoms with Gasteiger partial charge in [-0.25, -0.2) is 13.8 Å². The van der Waals surface area contributed by atoms with E-state index in [2.05, 4.69) is 9.72 Å². The van der Waals surface area contributed by atoms with Crippen LogP contribution in [0.25, 0.3) is 0 Å². The summed E-state index contributed by atoms with van der Waals surface area (Å²) in [5, 5.41) is 0. The number of hydrogen-bond donors (Lipinski definition) is 0. The number of nitrogens with zero attached hydrogens (tertiary/aromatic N) is 1. The Balaban J connectivity index is 3.30. The molecule has 0 aliphatic heterocycles. The number of pyridine rings is 1. The van der Waals surface area contributed by atoms with Crippen molar-refractivity contribution in [2.24, 2.45) is 0 Å². The smallest absolute Gasteiger partial charge is 0.388 e. The van der Waals surface area contributed by atoms with Crippen LogP contribution < -0.4 is 4.74 Å². The normalized spacial score (nSPS) is 11.7. The Bertz CT molecular complexity index is 449. The number of rotatable bonds is 4. The minimum atomic E-state index is -5.04. The number of aldehydes is 1. The van der Waals surface area contributed by atoms with E-state index in [1.807, 2.05) is 0 Å². The van der Waals surface area contributed by atoms with E-state index in [-0.39, 0.29) is 11.8 Å². The molecule has 1 rings (SSSR count). The highest BCUT2D eigenvalue weighted by Crippen LogP contribution is 2.30. The lowest BCUT2D eigenvalue weighted by Gasteiger charge is -2.13. The minimum Gasteiger partial charge on any atom is -0.388 e. The van der Waals surface area contributed by atoms with Crippen LogP contribution in [0.2, 0.25) is 0 Å². The molecule has 100 valence electrons. The largest absolute Gasteiger partial charge is 0.574 e. The van der Waals surface area contributed by atoms with E-state index in [0.717, 1.165) is 0 Å². The summed E-state index contributed by atoms with van der Waals surface area (Å²) in [4.78, 5) is 13.6. The maximum atomic E-state index is 12.6. The average Bonchev–Trinajstić information content (AvgIpc) is 2.24. The quantitative estimate of drug-likeness (QED) is 0.484. The van der Waals surface area contributed by atoms with Crippen LogP contribution in [-0.2, 0) is 5.88 Å². The summed E-state index contributed by atoms with van der Waals surface area (Å²) >= 11 is 5.33. The lowest BCUT2D eigenvalue weighted by molar-refractivity contribution is -0.276. The van der Waals surface area contributed by atoms with Crippen LogP contribution in [0, 0.1) is 0 Å². The second-order valence-electron chi connectivity index (χ2n) is 3.02. The molecule has 0 saturated heterocycles. The molecule has 0 bridgehead atoms. The average molecular weight is 290 g/mol. The lowest BCUT2D eigenvalue weighted by Crippen LogP contribution is -2.19. The van der Waals surface area contributed by atoms with Gasteiger partial charge in [0.1, 0.15) is 5.69 Å². The topological polar surface area (TPSA) is 39.2 Å². The third-order valence-corrected chi connectivity index (χ3v) is 2.13. The Morgan fingerprint density at radius 1 is 1.44 bits per heavy atom. The molecular weight excluding hydrogens is 285 g/mol. The molecular formula is C9H5ClF5NO2. The number of aromatic nitrogens is 1. The van der Waals surface area contributed by atoms with E-state index < -0.39 is 35.8 Å². The molecule has 0 spiro atoms. The van der Waals surface area contributed by atoms with Gasteiger partial charge in [0, 0.05) is 11.9 Å². The first-order chi connectivity index (χ1) is 8.28. The molecule has 18 heavy (non-hydrogen) atoms. The van der Waals surface area contributed by atoms with Crippen molar-refractivity contribution >= 4 is 17.9 Å². The fourth-order valence-corrected chi connectivity index (χ4v) is 1.45. The van der Waals surface area contributed by atoms with Crippen LogP contribution in [0.4, 0.5) is 22.0 Å². The number of hydrogen-bond acceptors (Lipinski definition) is 3. The molecule has 1 aromatic heterocycles. The van der Waals surface area contributed by atoms with Crippen LogP contribution in [0.1, 0.15) is 28.0 Å². The SMILES string of the molecule is O=Cc1nc(OC(F)(F)F)cc(CCl)c1C(F)F. The van der Waals surface area contributed by atoms with Gasteiger partial charge in [-0.15, -0.1) is 24.8 Å². The first-order valence-corrected chi connectivity index (χ1v) is 4.90. The van der Waals surface area contributed by atoms with Crippen LogP contribution in [0.3, 0.4) is 0 Å². The Kier molecular flexibility index (Phi) is 4.44. The Hall–Kier alpha value is -1.44. The fourth-order valence-electron chi connectivity index (χ4n) is 1.23. The second-order valence-corrected chi connectivity index (χ2v) is 3.29. The molecule has 0 N–H and O–H groups in total. The molecule has 0 saturated carbocycles. The number of carbonyl (C=O) groups is 1. The third-order valence-electron chi connectivity index (χ3n) is 1.84. The summed E-state index contributed by atoms with van der Waals surface area (Å²) in [6, 6.07) is 0.620. The van der Waals surface area contributed by atoms with Crippen molar-refractivity contribution in [3.8, 4) is 5.88 Å². The number of halogens is 6. The zero-order valence-electron chi connectivity index (χ0n) is 8.47. The van der Waals surface area contributed by atoms with Gasteiger partial charge in [0.15, 0.2) is 6.29 Å². The summed E-state index contributed by atoms with van der Waals surface area (Å²) < 4.78 is 64.5. The molecule has 9 heteroatoms. The predicted molar refractivity (Wildman–Crippen MR) is 50.8 cm³/mol. The van der Waals surface area contributed by atoms with Crippen LogP contribution in [0.5, 0.6) is 5.88 Å². The second kappa shape index (κ2) is 5.47. The van der Waals surface area contributed by atoms with E-state index in [4.69, 9.17) is 11.6 Å². The zero-order valence-corrected chi connectivity index (χ0v) is 9.23. The van der Waals surface area contributed by atoms with Gasteiger partial charge in [-0.1, -0.05) is 0 Å². The Morgan fingerprint density at radius 2 is 2.06 bits per heavy atom. The summed E-state index contributed by atoms with van der Waals surface area (Å²) in [6.45, 7) is 0. The molecule has 0 radical (unpaired) electrons. The first-order valence-electron chi connectivity index (χ1n) is 4.37. The molecule has 0 amide bonds. The summed E-state index contributed by atoms with van der Waals surface area (Å²) in [7, 11) is 0. The molecule has 1 aromatic rings. The minimum absolute atomic E-state index is 0.0826. The van der Waals surface area contributed by atoms with Crippen molar-refractivity contribution in [2.75, 3.05) is 0 Å². The molecule has 1 heterocycles. The first kappa shape index (κ1) is 14.6. The van der Waals surface area contributed by atoms with Gasteiger partial charge in [-0.2, -0.15) is 0 Å². The van der Waals surface area contributed by atoms with E-state index >= 15 is 0 Å². The Labute approximate surface area is 103 Å². The van der Waals surface area contributed by atoms with Crippen LogP contribution >= 0.6 is 11.6 Å². The zero-order chi connectivity index (χ0) is 13.9. The van der Waals surface area contributed by atoms with Gasteiger partial charge in [0.05, 0.1) is 5.56 Å². The number of ether oxygens (including phenoxy) is 1. The van der Waals surface area contributed by atoms with Gasteiger partial charge in [-0.3, -0.25) is 4.79 Å². The molecule has 0 aliphatic carbocycles. The van der Waals surface area contributed by atoms with Gasteiger partial charge in [-0.05, 0) is 5.56 Å². The number of alkyl halides is 6. The van der Waals surface area contributed by atoms with Gasteiger partial charge in [0.2, 0.25) is 5.88 Å². The van der Waals surface area contributed by atoms with Crippen molar-refractivity contribution in [1.82, 2.24) is 4.98 Å².